The Morgan fingerprint density at radius 1 is 1.14 bits per heavy atom. The van der Waals surface area contributed by atoms with Gasteiger partial charge in [0.2, 0.25) is 5.91 Å². The lowest BCUT2D eigenvalue weighted by molar-refractivity contribution is -0.133. The quantitative estimate of drug-likeness (QED) is 0.695. The van der Waals surface area contributed by atoms with Crippen molar-refractivity contribution in [2.75, 3.05) is 7.05 Å². The van der Waals surface area contributed by atoms with Gasteiger partial charge in [-0.15, -0.1) is 0 Å². The van der Waals surface area contributed by atoms with Gasteiger partial charge in [-0.25, -0.2) is 4.98 Å². The fraction of sp³-hybridized carbons (Fsp3) is 0.318. The average Bonchev–Trinajstić information content (AvgIpc) is 3.37. The first kappa shape index (κ1) is 18.4. The van der Waals surface area contributed by atoms with E-state index in [4.69, 9.17) is 0 Å². The van der Waals surface area contributed by atoms with Crippen LogP contribution in [0.4, 0.5) is 0 Å². The molecular formula is C22H25N5O. The number of carbonyl (C=O) groups excluding carboxylic acids is 1. The van der Waals surface area contributed by atoms with Crippen molar-refractivity contribution >= 4 is 5.91 Å². The number of carbonyl (C=O) groups is 1. The molecule has 2 aromatic carbocycles. The summed E-state index contributed by atoms with van der Waals surface area (Å²) in [7, 11) is 2.04. The Kier molecular flexibility index (Phi) is 4.96. The van der Waals surface area contributed by atoms with Crippen LogP contribution in [0.2, 0.25) is 0 Å². The molecule has 2 N–H and O–H groups in total. The van der Waals surface area contributed by atoms with Gasteiger partial charge < -0.3 is 5.32 Å². The average molecular weight is 375 g/mol. The highest BCUT2D eigenvalue weighted by Gasteiger charge is 2.47. The number of hydrogen-bond donors (Lipinski definition) is 2. The summed E-state index contributed by atoms with van der Waals surface area (Å²) in [5.74, 6) is 0.677. The number of amides is 1. The predicted octanol–water partition coefficient (Wildman–Crippen LogP) is 2.65. The van der Waals surface area contributed by atoms with Crippen LogP contribution in [0, 0.1) is 0 Å². The van der Waals surface area contributed by atoms with Gasteiger partial charge >= 0.3 is 0 Å². The monoisotopic (exact) mass is 375 g/mol. The number of hydrogen-bond acceptors (Lipinski definition) is 4. The Morgan fingerprint density at radius 3 is 2.39 bits per heavy atom. The van der Waals surface area contributed by atoms with Crippen molar-refractivity contribution in [1.82, 2.24) is 25.4 Å². The third-order valence-corrected chi connectivity index (χ3v) is 5.69. The van der Waals surface area contributed by atoms with E-state index in [1.54, 1.807) is 0 Å². The summed E-state index contributed by atoms with van der Waals surface area (Å²) in [6.07, 6.45) is 2.85. The number of likely N-dealkylation sites (N-methyl/N-ethyl adjacent to an activating group) is 1. The molecule has 144 valence electrons. The Hall–Kier alpha value is -2.99. The highest BCUT2D eigenvalue weighted by Crippen LogP contribution is 2.35. The Bertz CT molecular complexity index is 914. The molecule has 0 fully saturated rings. The lowest BCUT2D eigenvalue weighted by atomic mass is 9.91. The lowest BCUT2D eigenvalue weighted by Crippen LogP contribution is -2.58. The summed E-state index contributed by atoms with van der Waals surface area (Å²) >= 11 is 0. The van der Waals surface area contributed by atoms with Gasteiger partial charge in [-0.3, -0.25) is 14.8 Å². The molecule has 1 heterocycles. The SMILES string of the molecule is CC(NC(=O)C1(N(C)Cc2ccccc2)Cc2ccccc2C1)c1ncn[nH]1. The van der Waals surface area contributed by atoms with Gasteiger partial charge in [-0.05, 0) is 30.7 Å². The topological polar surface area (TPSA) is 73.9 Å². The summed E-state index contributed by atoms with van der Waals surface area (Å²) in [5.41, 5.74) is 3.04. The second-order valence-electron chi connectivity index (χ2n) is 7.56. The minimum absolute atomic E-state index is 0.0195. The van der Waals surface area contributed by atoms with Gasteiger partial charge in [-0.1, -0.05) is 54.6 Å². The van der Waals surface area contributed by atoms with Gasteiger partial charge in [0.25, 0.3) is 0 Å². The normalized spacial score (nSPS) is 16.0. The van der Waals surface area contributed by atoms with E-state index in [-0.39, 0.29) is 11.9 Å². The number of nitrogens with zero attached hydrogens (tertiary/aromatic N) is 3. The van der Waals surface area contributed by atoms with E-state index in [1.165, 1.54) is 23.0 Å². The molecule has 6 nitrogen and oxygen atoms in total. The van der Waals surface area contributed by atoms with E-state index in [0.717, 1.165) is 0 Å². The summed E-state index contributed by atoms with van der Waals surface area (Å²) < 4.78 is 0. The molecule has 0 spiro atoms. The molecule has 0 saturated carbocycles. The Labute approximate surface area is 165 Å². The second-order valence-corrected chi connectivity index (χ2v) is 7.56. The lowest BCUT2D eigenvalue weighted by Gasteiger charge is -2.38. The fourth-order valence-corrected chi connectivity index (χ4v) is 4.03. The summed E-state index contributed by atoms with van der Waals surface area (Å²) in [6.45, 7) is 2.63. The van der Waals surface area contributed by atoms with Crippen molar-refractivity contribution < 1.29 is 4.79 Å². The maximum atomic E-state index is 13.6. The number of benzene rings is 2. The molecule has 1 aliphatic rings. The molecule has 0 aliphatic heterocycles. The van der Waals surface area contributed by atoms with Gasteiger partial charge in [0.15, 0.2) is 0 Å². The van der Waals surface area contributed by atoms with Gasteiger partial charge in [0.05, 0.1) is 6.04 Å². The number of rotatable bonds is 6. The Balaban J connectivity index is 1.61. The second kappa shape index (κ2) is 7.56. The zero-order valence-electron chi connectivity index (χ0n) is 16.2. The van der Waals surface area contributed by atoms with Crippen LogP contribution < -0.4 is 5.32 Å². The van der Waals surface area contributed by atoms with E-state index in [9.17, 15) is 4.79 Å². The molecule has 0 saturated heterocycles. The molecule has 3 aromatic rings. The third kappa shape index (κ3) is 3.43. The first-order chi connectivity index (χ1) is 13.6. The number of nitrogens with one attached hydrogen (secondary N) is 2. The van der Waals surface area contributed by atoms with E-state index in [1.807, 2.05) is 44.3 Å². The van der Waals surface area contributed by atoms with Gasteiger partial charge in [-0.2, -0.15) is 5.10 Å². The molecule has 1 atom stereocenters. The van der Waals surface area contributed by atoms with Crippen molar-refractivity contribution in [2.24, 2.45) is 0 Å². The number of H-pyrrole nitrogens is 1. The molecule has 0 bridgehead atoms. The highest BCUT2D eigenvalue weighted by atomic mass is 16.2. The molecular weight excluding hydrogens is 350 g/mol. The van der Waals surface area contributed by atoms with Crippen molar-refractivity contribution in [1.29, 1.82) is 0 Å². The molecule has 1 aliphatic carbocycles. The molecule has 4 rings (SSSR count). The first-order valence-electron chi connectivity index (χ1n) is 9.57. The van der Waals surface area contributed by atoms with Crippen molar-refractivity contribution in [2.45, 2.75) is 37.9 Å². The number of fused-ring (bicyclic) bond motifs is 1. The van der Waals surface area contributed by atoms with Crippen LogP contribution in [-0.2, 0) is 24.2 Å². The fourth-order valence-electron chi connectivity index (χ4n) is 4.03. The van der Waals surface area contributed by atoms with Crippen molar-refractivity contribution in [3.63, 3.8) is 0 Å². The zero-order chi connectivity index (χ0) is 19.6. The van der Waals surface area contributed by atoms with Gasteiger partial charge in [0.1, 0.15) is 17.7 Å². The van der Waals surface area contributed by atoms with Crippen LogP contribution in [0.5, 0.6) is 0 Å². The van der Waals surface area contributed by atoms with E-state index < -0.39 is 5.54 Å². The number of aromatic nitrogens is 3. The van der Waals surface area contributed by atoms with Crippen LogP contribution >= 0.6 is 0 Å². The maximum absolute atomic E-state index is 13.6. The standard InChI is InChI=1S/C22H25N5O/c1-16(20-23-15-24-26-20)25-21(28)22(12-18-10-6-7-11-19(18)13-22)27(2)14-17-8-4-3-5-9-17/h3-11,15-16H,12-14H2,1-2H3,(H,25,28)(H,23,24,26). The minimum atomic E-state index is -0.631. The van der Waals surface area contributed by atoms with Crippen LogP contribution in [0.15, 0.2) is 60.9 Å². The van der Waals surface area contributed by atoms with Crippen molar-refractivity contribution in [3.05, 3.63) is 83.4 Å². The van der Waals surface area contributed by atoms with Crippen LogP contribution in [0.1, 0.15) is 35.5 Å². The Morgan fingerprint density at radius 2 is 1.79 bits per heavy atom. The maximum Gasteiger partial charge on any atom is 0.241 e. The number of aromatic amines is 1. The zero-order valence-corrected chi connectivity index (χ0v) is 16.2. The predicted molar refractivity (Wildman–Crippen MR) is 107 cm³/mol. The molecule has 1 unspecified atom stereocenters. The molecule has 1 aromatic heterocycles. The third-order valence-electron chi connectivity index (χ3n) is 5.69. The summed E-state index contributed by atoms with van der Waals surface area (Å²) in [6, 6.07) is 18.4. The van der Waals surface area contributed by atoms with E-state index >= 15 is 0 Å². The summed E-state index contributed by atoms with van der Waals surface area (Å²) in [4.78, 5) is 19.9. The van der Waals surface area contributed by atoms with Gasteiger partial charge in [0, 0.05) is 19.4 Å². The van der Waals surface area contributed by atoms with Crippen LogP contribution in [-0.4, -0.2) is 38.6 Å². The molecule has 0 radical (unpaired) electrons. The molecule has 1 amide bonds. The van der Waals surface area contributed by atoms with E-state index in [2.05, 4.69) is 49.7 Å². The smallest absolute Gasteiger partial charge is 0.241 e. The van der Waals surface area contributed by atoms with Crippen molar-refractivity contribution in [3.8, 4) is 0 Å². The first-order valence-corrected chi connectivity index (χ1v) is 9.57. The highest BCUT2D eigenvalue weighted by molar-refractivity contribution is 5.88. The molecule has 28 heavy (non-hydrogen) atoms. The van der Waals surface area contributed by atoms with E-state index in [0.29, 0.717) is 25.2 Å². The molecule has 6 heteroatoms. The van der Waals surface area contributed by atoms with Crippen LogP contribution in [0.25, 0.3) is 0 Å². The minimum Gasteiger partial charge on any atom is -0.345 e. The largest absolute Gasteiger partial charge is 0.345 e. The van der Waals surface area contributed by atoms with Crippen LogP contribution in [0.3, 0.4) is 0 Å². The summed E-state index contributed by atoms with van der Waals surface area (Å²) in [5, 5.41) is 9.89.